The van der Waals surface area contributed by atoms with E-state index in [1.165, 1.54) is 21.3 Å². The van der Waals surface area contributed by atoms with Crippen LogP contribution < -0.4 is 19.5 Å². The van der Waals surface area contributed by atoms with Crippen LogP contribution in [-0.2, 0) is 4.57 Å². The van der Waals surface area contributed by atoms with Gasteiger partial charge in [-0.15, -0.1) is 0 Å². The number of ether oxygens (including phenoxy) is 3. The van der Waals surface area contributed by atoms with Crippen LogP contribution in [0, 0.1) is 5.92 Å². The Labute approximate surface area is 155 Å². The first kappa shape index (κ1) is 19.9. The first-order valence-electron chi connectivity index (χ1n) is 8.31. The third kappa shape index (κ3) is 4.23. The van der Waals surface area contributed by atoms with Gasteiger partial charge in [-0.2, -0.15) is 0 Å². The van der Waals surface area contributed by atoms with Crippen molar-refractivity contribution in [2.75, 3.05) is 27.5 Å². The van der Waals surface area contributed by atoms with Gasteiger partial charge in [-0.25, -0.2) is 0 Å². The lowest BCUT2D eigenvalue weighted by molar-refractivity contribution is 0.103. The second-order valence-corrected chi connectivity index (χ2v) is 7.81. The summed E-state index contributed by atoms with van der Waals surface area (Å²) in [6.45, 7) is 4.01. The Balaban J connectivity index is 2.59. The lowest BCUT2D eigenvalue weighted by atomic mass is 10.0. The zero-order valence-corrected chi connectivity index (χ0v) is 16.6. The van der Waals surface area contributed by atoms with E-state index < -0.39 is 7.80 Å². The number of benzene rings is 2. The van der Waals surface area contributed by atoms with E-state index in [0.717, 1.165) is 0 Å². The van der Waals surface area contributed by atoms with Crippen LogP contribution in [0.25, 0.3) is 0 Å². The summed E-state index contributed by atoms with van der Waals surface area (Å²) in [6, 6.07) is 10.3. The molecule has 2 aromatic rings. The van der Waals surface area contributed by atoms with Crippen molar-refractivity contribution in [2.24, 2.45) is 5.92 Å². The first-order valence-corrected chi connectivity index (χ1v) is 9.75. The minimum atomic E-state index is -1.67. The largest absolute Gasteiger partial charge is 0.496 e. The van der Waals surface area contributed by atoms with E-state index in [-0.39, 0.29) is 17.3 Å². The molecule has 0 fully saturated rings. The zero-order chi connectivity index (χ0) is 19.3. The van der Waals surface area contributed by atoms with Crippen molar-refractivity contribution in [1.29, 1.82) is 0 Å². The van der Waals surface area contributed by atoms with Crippen molar-refractivity contribution in [3.63, 3.8) is 0 Å². The van der Waals surface area contributed by atoms with Gasteiger partial charge in [0.1, 0.15) is 30.6 Å². The van der Waals surface area contributed by atoms with Crippen molar-refractivity contribution in [1.82, 2.24) is 0 Å². The van der Waals surface area contributed by atoms with E-state index in [0.29, 0.717) is 34.3 Å². The van der Waals surface area contributed by atoms with Crippen LogP contribution in [0.5, 0.6) is 17.2 Å². The molecule has 0 amide bonds. The minimum Gasteiger partial charge on any atom is -0.496 e. The maximum absolute atomic E-state index is 13.3. The third-order valence-electron chi connectivity index (χ3n) is 3.89. The summed E-state index contributed by atoms with van der Waals surface area (Å²) >= 11 is 0. The average molecular weight is 375 g/mol. The summed E-state index contributed by atoms with van der Waals surface area (Å²) in [6.07, 6.45) is 0.524. The molecule has 0 saturated carbocycles. The number of ketones is 1. The molecule has 26 heavy (non-hydrogen) atoms. The summed E-state index contributed by atoms with van der Waals surface area (Å²) in [5.74, 6) is 1.20. The van der Waals surface area contributed by atoms with Crippen LogP contribution in [0.3, 0.4) is 0 Å². The van der Waals surface area contributed by atoms with Crippen LogP contribution in [0.4, 0.5) is 0 Å². The predicted molar refractivity (Wildman–Crippen MR) is 103 cm³/mol. The molecule has 1 unspecified atom stereocenters. The fourth-order valence-electron chi connectivity index (χ4n) is 2.68. The van der Waals surface area contributed by atoms with Crippen LogP contribution in [0.2, 0.25) is 0 Å². The molecule has 0 bridgehead atoms. The van der Waals surface area contributed by atoms with Gasteiger partial charge in [-0.05, 0) is 18.1 Å². The van der Waals surface area contributed by atoms with Crippen molar-refractivity contribution < 1.29 is 23.6 Å². The van der Waals surface area contributed by atoms with Gasteiger partial charge >= 0.3 is 0 Å². The molecule has 0 saturated heterocycles. The SMILES string of the molecule is COc1cc(OC)c(C(=O)c2ccccc2[P](=O)CC(C)C)c(OC)c1. The number of hydrogen-bond donors (Lipinski definition) is 0. The lowest BCUT2D eigenvalue weighted by Gasteiger charge is -2.16. The number of hydrogen-bond acceptors (Lipinski definition) is 5. The third-order valence-corrected chi connectivity index (χ3v) is 5.88. The number of carbonyl (C=O) groups is 1. The quantitative estimate of drug-likeness (QED) is 0.514. The van der Waals surface area contributed by atoms with Gasteiger partial charge in [0.25, 0.3) is 0 Å². The zero-order valence-electron chi connectivity index (χ0n) is 15.7. The Morgan fingerprint density at radius 2 is 1.58 bits per heavy atom. The molecule has 5 nitrogen and oxygen atoms in total. The van der Waals surface area contributed by atoms with E-state index in [2.05, 4.69) is 0 Å². The molecule has 2 aromatic carbocycles. The molecule has 0 N–H and O–H groups in total. The fraction of sp³-hybridized carbons (Fsp3) is 0.350. The Kier molecular flexibility index (Phi) is 6.76. The molecule has 0 aliphatic rings. The highest BCUT2D eigenvalue weighted by Gasteiger charge is 2.25. The van der Waals surface area contributed by atoms with Crippen molar-refractivity contribution in [3.05, 3.63) is 47.5 Å². The summed E-state index contributed by atoms with van der Waals surface area (Å²) in [5.41, 5.74) is 0.687. The maximum atomic E-state index is 13.3. The Morgan fingerprint density at radius 3 is 2.08 bits per heavy atom. The van der Waals surface area contributed by atoms with Crippen LogP contribution in [0.15, 0.2) is 36.4 Å². The second-order valence-electron chi connectivity index (χ2n) is 6.21. The topological polar surface area (TPSA) is 61.8 Å². The highest BCUT2D eigenvalue weighted by atomic mass is 31.1. The highest BCUT2D eigenvalue weighted by Crippen LogP contribution is 2.36. The maximum Gasteiger partial charge on any atom is 0.201 e. The standard InChI is InChI=1S/C20H24O5P/c1-13(2)12-26(22)18-9-7-6-8-15(18)20(21)19-16(24-4)10-14(23-3)11-17(19)25-5/h6-11,13H,12H2,1-5H3. The fourth-order valence-corrected chi connectivity index (χ4v) is 4.23. The Morgan fingerprint density at radius 1 is 1.00 bits per heavy atom. The van der Waals surface area contributed by atoms with E-state index in [4.69, 9.17) is 14.2 Å². The predicted octanol–water partition coefficient (Wildman–Crippen LogP) is 4.05. The van der Waals surface area contributed by atoms with Gasteiger partial charge in [-0.3, -0.25) is 9.36 Å². The van der Waals surface area contributed by atoms with Gasteiger partial charge in [-0.1, -0.05) is 26.0 Å². The van der Waals surface area contributed by atoms with Crippen LogP contribution in [0.1, 0.15) is 29.8 Å². The molecular formula is C20H24O5P. The lowest BCUT2D eigenvalue weighted by Crippen LogP contribution is -2.16. The van der Waals surface area contributed by atoms with E-state index in [1.807, 2.05) is 13.8 Å². The Hall–Kier alpha value is -2.39. The number of carbonyl (C=O) groups excluding carboxylic acids is 1. The molecule has 1 radical (unpaired) electrons. The Bertz CT molecular complexity index is 789. The van der Waals surface area contributed by atoms with Gasteiger partial charge < -0.3 is 14.2 Å². The minimum absolute atomic E-state index is 0.270. The molecule has 2 rings (SSSR count). The smallest absolute Gasteiger partial charge is 0.201 e. The van der Waals surface area contributed by atoms with E-state index >= 15 is 0 Å². The van der Waals surface area contributed by atoms with E-state index in [1.54, 1.807) is 36.4 Å². The van der Waals surface area contributed by atoms with Crippen LogP contribution in [-0.4, -0.2) is 33.3 Å². The second kappa shape index (κ2) is 8.81. The van der Waals surface area contributed by atoms with Gasteiger partial charge in [0.2, 0.25) is 5.78 Å². The van der Waals surface area contributed by atoms with Crippen molar-refractivity contribution in [2.45, 2.75) is 13.8 Å². The van der Waals surface area contributed by atoms with E-state index in [9.17, 15) is 9.36 Å². The molecule has 0 spiro atoms. The number of methoxy groups -OCH3 is 3. The monoisotopic (exact) mass is 375 g/mol. The average Bonchev–Trinajstić information content (AvgIpc) is 2.65. The molecule has 6 heteroatoms. The molecule has 0 aliphatic heterocycles. The molecule has 0 aromatic heterocycles. The highest BCUT2D eigenvalue weighted by molar-refractivity contribution is 7.53. The molecule has 139 valence electrons. The van der Waals surface area contributed by atoms with Gasteiger partial charge in [0.05, 0.1) is 21.3 Å². The van der Waals surface area contributed by atoms with Crippen molar-refractivity contribution in [3.8, 4) is 17.2 Å². The van der Waals surface area contributed by atoms with Gasteiger partial charge in [0, 0.05) is 29.2 Å². The molecule has 0 aliphatic carbocycles. The molecular weight excluding hydrogens is 351 g/mol. The summed E-state index contributed by atoms with van der Waals surface area (Å²) < 4.78 is 28.7. The van der Waals surface area contributed by atoms with Gasteiger partial charge in [0.15, 0.2) is 0 Å². The normalized spacial score (nSPS) is 11.2. The number of rotatable bonds is 8. The summed E-state index contributed by atoms with van der Waals surface area (Å²) in [5, 5.41) is 0.557. The summed E-state index contributed by atoms with van der Waals surface area (Å²) in [7, 11) is 2.82. The first-order chi connectivity index (χ1) is 12.4. The van der Waals surface area contributed by atoms with Crippen molar-refractivity contribution >= 4 is 18.9 Å². The van der Waals surface area contributed by atoms with Crippen LogP contribution >= 0.6 is 7.80 Å². The molecule has 0 heterocycles. The summed E-state index contributed by atoms with van der Waals surface area (Å²) in [4.78, 5) is 13.3. The molecule has 1 atom stereocenters.